The fourth-order valence-corrected chi connectivity index (χ4v) is 2.83. The van der Waals surface area contributed by atoms with E-state index in [1.807, 2.05) is 0 Å². The number of benzene rings is 1. The Labute approximate surface area is 111 Å². The standard InChI is InChI=1S/C16H26N2/c1-5-14-8-6-7-9-15(14)18-12-16(3,4)17-11-10-13(18)2/h6-9,13,17H,5,10-12H2,1-4H3. The van der Waals surface area contributed by atoms with Gasteiger partial charge in [-0.3, -0.25) is 0 Å². The molecular formula is C16H26N2. The zero-order valence-corrected chi connectivity index (χ0v) is 12.2. The molecule has 0 bridgehead atoms. The minimum atomic E-state index is 0.186. The fraction of sp³-hybridized carbons (Fsp3) is 0.625. The first-order valence-corrected chi connectivity index (χ1v) is 7.13. The summed E-state index contributed by atoms with van der Waals surface area (Å²) in [5.74, 6) is 0. The normalized spacial score (nSPS) is 23.8. The molecule has 0 saturated carbocycles. The molecule has 0 spiro atoms. The number of hydrogen-bond acceptors (Lipinski definition) is 2. The largest absolute Gasteiger partial charge is 0.367 e. The van der Waals surface area contributed by atoms with Crippen molar-refractivity contribution in [2.24, 2.45) is 0 Å². The topological polar surface area (TPSA) is 15.3 Å². The monoisotopic (exact) mass is 246 g/mol. The maximum Gasteiger partial charge on any atom is 0.0401 e. The fourth-order valence-electron chi connectivity index (χ4n) is 2.83. The molecule has 1 unspecified atom stereocenters. The summed E-state index contributed by atoms with van der Waals surface area (Å²) in [6.45, 7) is 11.4. The van der Waals surface area contributed by atoms with Crippen molar-refractivity contribution < 1.29 is 0 Å². The van der Waals surface area contributed by atoms with Gasteiger partial charge in [-0.1, -0.05) is 25.1 Å². The predicted molar refractivity (Wildman–Crippen MR) is 79.3 cm³/mol. The lowest BCUT2D eigenvalue weighted by Gasteiger charge is -2.36. The molecule has 0 aliphatic carbocycles. The Morgan fingerprint density at radius 3 is 2.78 bits per heavy atom. The molecule has 0 aromatic heterocycles. The van der Waals surface area contributed by atoms with Crippen LogP contribution in [0.4, 0.5) is 5.69 Å². The molecule has 1 aliphatic rings. The molecule has 1 fully saturated rings. The summed E-state index contributed by atoms with van der Waals surface area (Å²) in [5.41, 5.74) is 3.07. The van der Waals surface area contributed by atoms with E-state index in [1.54, 1.807) is 0 Å². The van der Waals surface area contributed by atoms with Crippen LogP contribution >= 0.6 is 0 Å². The van der Waals surface area contributed by atoms with Gasteiger partial charge < -0.3 is 10.2 Å². The molecule has 1 aliphatic heterocycles. The molecule has 18 heavy (non-hydrogen) atoms. The van der Waals surface area contributed by atoms with Gasteiger partial charge in [-0.25, -0.2) is 0 Å². The summed E-state index contributed by atoms with van der Waals surface area (Å²) in [7, 11) is 0. The molecule has 1 saturated heterocycles. The van der Waals surface area contributed by atoms with E-state index in [1.165, 1.54) is 17.7 Å². The van der Waals surface area contributed by atoms with Crippen LogP contribution < -0.4 is 10.2 Å². The first-order chi connectivity index (χ1) is 8.53. The minimum absolute atomic E-state index is 0.186. The Hall–Kier alpha value is -1.02. The molecule has 1 heterocycles. The molecule has 1 aromatic rings. The molecule has 0 amide bonds. The highest BCUT2D eigenvalue weighted by Gasteiger charge is 2.28. The molecule has 100 valence electrons. The van der Waals surface area contributed by atoms with Crippen LogP contribution in [0.3, 0.4) is 0 Å². The Morgan fingerprint density at radius 2 is 2.06 bits per heavy atom. The lowest BCUT2D eigenvalue weighted by Crippen LogP contribution is -2.47. The summed E-state index contributed by atoms with van der Waals surface area (Å²) in [6.07, 6.45) is 2.31. The molecular weight excluding hydrogens is 220 g/mol. The van der Waals surface area contributed by atoms with Crippen molar-refractivity contribution in [3.8, 4) is 0 Å². The van der Waals surface area contributed by atoms with Crippen LogP contribution in [0.25, 0.3) is 0 Å². The number of anilines is 1. The number of nitrogens with one attached hydrogen (secondary N) is 1. The van der Waals surface area contributed by atoms with Gasteiger partial charge in [-0.15, -0.1) is 0 Å². The molecule has 1 aromatic carbocycles. The van der Waals surface area contributed by atoms with Crippen LogP contribution in [0, 0.1) is 0 Å². The Kier molecular flexibility index (Phi) is 3.96. The summed E-state index contributed by atoms with van der Waals surface area (Å²) < 4.78 is 0. The van der Waals surface area contributed by atoms with E-state index in [9.17, 15) is 0 Å². The maximum atomic E-state index is 3.65. The van der Waals surface area contributed by atoms with E-state index in [2.05, 4.69) is 62.2 Å². The number of para-hydroxylation sites is 1. The number of hydrogen-bond donors (Lipinski definition) is 1. The highest BCUT2D eigenvalue weighted by molar-refractivity contribution is 5.55. The van der Waals surface area contributed by atoms with Gasteiger partial charge in [-0.05, 0) is 51.8 Å². The highest BCUT2D eigenvalue weighted by atomic mass is 15.2. The third-order valence-electron chi connectivity index (χ3n) is 3.95. The van der Waals surface area contributed by atoms with Crippen LogP contribution in [-0.4, -0.2) is 24.7 Å². The van der Waals surface area contributed by atoms with Gasteiger partial charge in [0.2, 0.25) is 0 Å². The van der Waals surface area contributed by atoms with Gasteiger partial charge in [-0.2, -0.15) is 0 Å². The quantitative estimate of drug-likeness (QED) is 0.862. The van der Waals surface area contributed by atoms with Crippen molar-refractivity contribution in [2.45, 2.75) is 52.1 Å². The van der Waals surface area contributed by atoms with Crippen molar-refractivity contribution in [3.63, 3.8) is 0 Å². The lowest BCUT2D eigenvalue weighted by molar-refractivity contribution is 0.415. The first-order valence-electron chi connectivity index (χ1n) is 7.13. The van der Waals surface area contributed by atoms with Crippen LogP contribution in [0.5, 0.6) is 0 Å². The minimum Gasteiger partial charge on any atom is -0.367 e. The van der Waals surface area contributed by atoms with Crippen molar-refractivity contribution in [1.29, 1.82) is 0 Å². The van der Waals surface area contributed by atoms with Gasteiger partial charge >= 0.3 is 0 Å². The van der Waals surface area contributed by atoms with Crippen LogP contribution in [-0.2, 0) is 6.42 Å². The third kappa shape index (κ3) is 2.86. The molecule has 0 radical (unpaired) electrons. The molecule has 2 heteroatoms. The van der Waals surface area contributed by atoms with Gasteiger partial charge in [0, 0.05) is 23.8 Å². The smallest absolute Gasteiger partial charge is 0.0401 e. The van der Waals surface area contributed by atoms with Gasteiger partial charge in [0.25, 0.3) is 0 Å². The molecule has 1 N–H and O–H groups in total. The van der Waals surface area contributed by atoms with Crippen LogP contribution in [0.2, 0.25) is 0 Å². The van der Waals surface area contributed by atoms with E-state index in [4.69, 9.17) is 0 Å². The molecule has 2 rings (SSSR count). The molecule has 1 atom stereocenters. The van der Waals surface area contributed by atoms with Crippen molar-refractivity contribution in [1.82, 2.24) is 5.32 Å². The summed E-state index contributed by atoms with van der Waals surface area (Å²) in [4.78, 5) is 2.58. The average molecular weight is 246 g/mol. The summed E-state index contributed by atoms with van der Waals surface area (Å²) >= 11 is 0. The van der Waals surface area contributed by atoms with Crippen molar-refractivity contribution in [3.05, 3.63) is 29.8 Å². The van der Waals surface area contributed by atoms with Crippen molar-refractivity contribution in [2.75, 3.05) is 18.0 Å². The highest BCUT2D eigenvalue weighted by Crippen LogP contribution is 2.27. The maximum absolute atomic E-state index is 3.65. The SMILES string of the molecule is CCc1ccccc1N1CC(C)(C)NCCC1C. The lowest BCUT2D eigenvalue weighted by atomic mass is 10.0. The zero-order chi connectivity index (χ0) is 13.2. The second kappa shape index (κ2) is 5.31. The molecule has 2 nitrogen and oxygen atoms in total. The summed E-state index contributed by atoms with van der Waals surface area (Å²) in [5, 5.41) is 3.65. The van der Waals surface area contributed by atoms with Gasteiger partial charge in [0.15, 0.2) is 0 Å². The van der Waals surface area contributed by atoms with Crippen LogP contribution in [0.1, 0.15) is 39.7 Å². The zero-order valence-electron chi connectivity index (χ0n) is 12.2. The van der Waals surface area contributed by atoms with E-state index in [-0.39, 0.29) is 5.54 Å². The van der Waals surface area contributed by atoms with E-state index >= 15 is 0 Å². The third-order valence-corrected chi connectivity index (χ3v) is 3.95. The number of aryl methyl sites for hydroxylation is 1. The van der Waals surface area contributed by atoms with E-state index < -0.39 is 0 Å². The predicted octanol–water partition coefficient (Wildman–Crippen LogP) is 3.22. The second-order valence-electron chi connectivity index (χ2n) is 6.06. The average Bonchev–Trinajstić information content (AvgIpc) is 2.48. The second-order valence-corrected chi connectivity index (χ2v) is 6.06. The Balaban J connectivity index is 2.33. The number of rotatable bonds is 2. The summed E-state index contributed by atoms with van der Waals surface area (Å²) in [6, 6.07) is 9.44. The number of nitrogens with zero attached hydrogens (tertiary/aromatic N) is 1. The van der Waals surface area contributed by atoms with E-state index in [0.29, 0.717) is 6.04 Å². The Bertz CT molecular complexity index is 398. The van der Waals surface area contributed by atoms with Gasteiger partial charge in [0.05, 0.1) is 0 Å². The first kappa shape index (κ1) is 13.4. The van der Waals surface area contributed by atoms with Gasteiger partial charge in [0.1, 0.15) is 0 Å². The Morgan fingerprint density at radius 1 is 1.33 bits per heavy atom. The van der Waals surface area contributed by atoms with Crippen molar-refractivity contribution >= 4 is 5.69 Å². The van der Waals surface area contributed by atoms with Crippen LogP contribution in [0.15, 0.2) is 24.3 Å². The van der Waals surface area contributed by atoms with E-state index in [0.717, 1.165) is 19.5 Å².